The smallest absolute Gasteiger partial charge is 0.120 e. The molecule has 0 heterocycles. The van der Waals surface area contributed by atoms with Gasteiger partial charge in [0.2, 0.25) is 0 Å². The maximum absolute atomic E-state index is 11.0. The van der Waals surface area contributed by atoms with Crippen LogP contribution in [0.5, 0.6) is 5.75 Å². The molecule has 3 unspecified atom stereocenters. The molecule has 1 N–H and O–H groups in total. The highest BCUT2D eigenvalue weighted by molar-refractivity contribution is 5.34. The maximum atomic E-state index is 11.0. The number of fused-ring (bicyclic) bond motifs is 2. The second-order valence-corrected chi connectivity index (χ2v) is 6.35. The predicted molar refractivity (Wildman–Crippen MR) is 69.4 cm³/mol. The van der Waals surface area contributed by atoms with Crippen molar-refractivity contribution in [3.05, 3.63) is 29.8 Å². The van der Waals surface area contributed by atoms with Crippen molar-refractivity contribution in [3.8, 4) is 5.75 Å². The predicted octanol–water partition coefficient (Wildman–Crippen LogP) is 3.24. The number of benzene rings is 1. The van der Waals surface area contributed by atoms with Gasteiger partial charge in [-0.2, -0.15) is 0 Å². The minimum absolute atomic E-state index is 0.426. The minimum atomic E-state index is -0.578. The van der Waals surface area contributed by atoms with Crippen molar-refractivity contribution < 1.29 is 9.84 Å². The maximum Gasteiger partial charge on any atom is 0.120 e. The average Bonchev–Trinajstić information content (AvgIpc) is 2.97. The van der Waals surface area contributed by atoms with Gasteiger partial charge in [-0.3, -0.25) is 0 Å². The van der Waals surface area contributed by atoms with Crippen molar-refractivity contribution in [3.63, 3.8) is 0 Å². The third-order valence-corrected chi connectivity index (χ3v) is 4.98. The van der Waals surface area contributed by atoms with Gasteiger partial charge in [0.25, 0.3) is 0 Å². The largest absolute Gasteiger partial charge is 0.490 e. The molecule has 0 aromatic heterocycles. The molecule has 4 rings (SSSR count). The zero-order chi connectivity index (χ0) is 12.2. The Morgan fingerprint density at radius 2 is 2.06 bits per heavy atom. The fourth-order valence-corrected chi connectivity index (χ4v) is 3.87. The van der Waals surface area contributed by atoms with Crippen molar-refractivity contribution in [1.29, 1.82) is 0 Å². The van der Waals surface area contributed by atoms with Crippen LogP contribution in [0.2, 0.25) is 0 Å². The van der Waals surface area contributed by atoms with Crippen LogP contribution in [0.4, 0.5) is 0 Å². The van der Waals surface area contributed by atoms with Crippen molar-refractivity contribution in [2.24, 2.45) is 11.8 Å². The van der Waals surface area contributed by atoms with E-state index < -0.39 is 5.60 Å². The first-order valence-corrected chi connectivity index (χ1v) is 7.23. The van der Waals surface area contributed by atoms with E-state index in [4.69, 9.17) is 4.74 Å². The molecule has 2 nitrogen and oxygen atoms in total. The summed E-state index contributed by atoms with van der Waals surface area (Å²) in [7, 11) is 0. The molecule has 2 bridgehead atoms. The number of ether oxygens (including phenoxy) is 1. The highest BCUT2D eigenvalue weighted by atomic mass is 16.5. The van der Waals surface area contributed by atoms with Crippen molar-refractivity contribution >= 4 is 0 Å². The van der Waals surface area contributed by atoms with Gasteiger partial charge in [0, 0.05) is 0 Å². The fourth-order valence-electron chi connectivity index (χ4n) is 3.87. The molecule has 0 amide bonds. The Labute approximate surface area is 108 Å². The van der Waals surface area contributed by atoms with E-state index in [-0.39, 0.29) is 0 Å². The molecular formula is C16H20O2. The van der Waals surface area contributed by atoms with Gasteiger partial charge in [0.05, 0.1) is 11.7 Å². The zero-order valence-corrected chi connectivity index (χ0v) is 10.6. The van der Waals surface area contributed by atoms with E-state index in [0.717, 1.165) is 23.7 Å². The summed E-state index contributed by atoms with van der Waals surface area (Å²) >= 11 is 0. The fraction of sp³-hybridized carbons (Fsp3) is 0.625. The lowest BCUT2D eigenvalue weighted by molar-refractivity contribution is -0.0184. The lowest BCUT2D eigenvalue weighted by Crippen LogP contribution is -2.32. The Bertz CT molecular complexity index is 466. The summed E-state index contributed by atoms with van der Waals surface area (Å²) in [5.74, 6) is 2.15. The summed E-state index contributed by atoms with van der Waals surface area (Å²) < 4.78 is 5.84. The second kappa shape index (κ2) is 3.74. The molecule has 2 heteroatoms. The van der Waals surface area contributed by atoms with Crippen LogP contribution in [0.3, 0.4) is 0 Å². The highest BCUT2D eigenvalue weighted by Crippen LogP contribution is 2.55. The first kappa shape index (κ1) is 10.9. The van der Waals surface area contributed by atoms with E-state index in [2.05, 4.69) is 12.1 Å². The molecular weight excluding hydrogens is 224 g/mol. The first-order chi connectivity index (χ1) is 8.74. The molecule has 3 saturated carbocycles. The third kappa shape index (κ3) is 1.66. The SMILES string of the molecule is OC1(c2cccc(OC3CC3)c2)CC2CCC1C2. The Balaban J connectivity index is 1.63. The Morgan fingerprint density at radius 3 is 2.72 bits per heavy atom. The Morgan fingerprint density at radius 1 is 1.17 bits per heavy atom. The van der Waals surface area contributed by atoms with E-state index >= 15 is 0 Å². The van der Waals surface area contributed by atoms with E-state index in [1.807, 2.05) is 12.1 Å². The van der Waals surface area contributed by atoms with Crippen LogP contribution in [0, 0.1) is 11.8 Å². The van der Waals surface area contributed by atoms with Gasteiger partial charge in [0.15, 0.2) is 0 Å². The molecule has 0 radical (unpaired) electrons. The Hall–Kier alpha value is -1.02. The van der Waals surface area contributed by atoms with Crippen molar-refractivity contribution in [2.45, 2.75) is 50.2 Å². The number of rotatable bonds is 3. The molecule has 0 aliphatic heterocycles. The molecule has 3 atom stereocenters. The summed E-state index contributed by atoms with van der Waals surface area (Å²) in [6.07, 6.45) is 7.45. The van der Waals surface area contributed by atoms with Crippen molar-refractivity contribution in [1.82, 2.24) is 0 Å². The van der Waals surface area contributed by atoms with Crippen molar-refractivity contribution in [2.75, 3.05) is 0 Å². The quantitative estimate of drug-likeness (QED) is 0.884. The van der Waals surface area contributed by atoms with Crippen LogP contribution in [-0.4, -0.2) is 11.2 Å². The zero-order valence-electron chi connectivity index (χ0n) is 10.6. The van der Waals surface area contributed by atoms with Gasteiger partial charge in [-0.25, -0.2) is 0 Å². The van der Waals surface area contributed by atoms with E-state index in [9.17, 15) is 5.11 Å². The van der Waals surface area contributed by atoms with Gasteiger partial charge in [0.1, 0.15) is 5.75 Å². The summed E-state index contributed by atoms with van der Waals surface area (Å²) in [5, 5.41) is 11.0. The van der Waals surface area contributed by atoms with Crippen LogP contribution in [0.1, 0.15) is 44.1 Å². The summed E-state index contributed by atoms with van der Waals surface area (Å²) in [6.45, 7) is 0. The van der Waals surface area contributed by atoms with Crippen LogP contribution >= 0.6 is 0 Å². The topological polar surface area (TPSA) is 29.5 Å². The van der Waals surface area contributed by atoms with Gasteiger partial charge in [-0.15, -0.1) is 0 Å². The molecule has 3 aliphatic carbocycles. The standard InChI is InChI=1S/C16H20O2/c17-16(10-11-4-5-13(16)8-11)12-2-1-3-15(9-12)18-14-6-7-14/h1-3,9,11,13-14,17H,4-8,10H2. The first-order valence-electron chi connectivity index (χ1n) is 7.23. The monoisotopic (exact) mass is 244 g/mol. The number of aliphatic hydroxyl groups is 1. The molecule has 0 saturated heterocycles. The van der Waals surface area contributed by atoms with Gasteiger partial charge in [-0.05, 0) is 68.1 Å². The highest BCUT2D eigenvalue weighted by Gasteiger charge is 2.50. The van der Waals surface area contributed by atoms with Gasteiger partial charge in [-0.1, -0.05) is 12.1 Å². The van der Waals surface area contributed by atoms with Crippen LogP contribution in [0.25, 0.3) is 0 Å². The number of hydrogen-bond donors (Lipinski definition) is 1. The normalized spacial score (nSPS) is 38.1. The lowest BCUT2D eigenvalue weighted by atomic mass is 9.79. The number of hydrogen-bond acceptors (Lipinski definition) is 2. The van der Waals surface area contributed by atoms with E-state index in [0.29, 0.717) is 12.0 Å². The molecule has 1 aromatic rings. The van der Waals surface area contributed by atoms with Gasteiger partial charge < -0.3 is 9.84 Å². The summed E-state index contributed by atoms with van der Waals surface area (Å²) in [6, 6.07) is 8.18. The lowest BCUT2D eigenvalue weighted by Gasteiger charge is -2.33. The van der Waals surface area contributed by atoms with Gasteiger partial charge >= 0.3 is 0 Å². The Kier molecular flexibility index (Phi) is 2.25. The third-order valence-electron chi connectivity index (χ3n) is 4.98. The second-order valence-electron chi connectivity index (χ2n) is 6.35. The molecule has 3 fully saturated rings. The molecule has 0 spiro atoms. The summed E-state index contributed by atoms with van der Waals surface area (Å²) in [5.41, 5.74) is 0.499. The molecule has 1 aromatic carbocycles. The molecule has 3 aliphatic rings. The van der Waals surface area contributed by atoms with E-state index in [1.54, 1.807) is 0 Å². The van der Waals surface area contributed by atoms with E-state index in [1.165, 1.54) is 32.1 Å². The molecule has 96 valence electrons. The van der Waals surface area contributed by atoms with Crippen LogP contribution in [0.15, 0.2) is 24.3 Å². The summed E-state index contributed by atoms with van der Waals surface area (Å²) in [4.78, 5) is 0. The van der Waals surface area contributed by atoms with Crippen LogP contribution in [-0.2, 0) is 5.60 Å². The average molecular weight is 244 g/mol. The molecule has 18 heavy (non-hydrogen) atoms. The van der Waals surface area contributed by atoms with Crippen LogP contribution < -0.4 is 4.74 Å². The minimum Gasteiger partial charge on any atom is -0.490 e.